The molecule has 0 fully saturated rings. The summed E-state index contributed by atoms with van der Waals surface area (Å²) < 4.78 is 1.88. The van der Waals surface area contributed by atoms with Crippen molar-refractivity contribution in [1.29, 1.82) is 0 Å². The highest BCUT2D eigenvalue weighted by molar-refractivity contribution is 7.99. The molecule has 0 aliphatic carbocycles. The van der Waals surface area contributed by atoms with Gasteiger partial charge in [-0.1, -0.05) is 37.7 Å². The van der Waals surface area contributed by atoms with Crippen LogP contribution in [0.1, 0.15) is 31.7 Å². The third-order valence-electron chi connectivity index (χ3n) is 4.48. The Morgan fingerprint density at radius 1 is 1.15 bits per heavy atom. The van der Waals surface area contributed by atoms with E-state index in [2.05, 4.69) is 46.5 Å². The Kier molecular flexibility index (Phi) is 6.24. The van der Waals surface area contributed by atoms with E-state index in [4.69, 9.17) is 0 Å². The molecular weight excluding hydrogens is 358 g/mol. The van der Waals surface area contributed by atoms with E-state index < -0.39 is 0 Å². The topological polar surface area (TPSA) is 72.7 Å². The number of carbonyl (C=O) groups excluding carboxylic acids is 1. The molecule has 6 nitrogen and oxygen atoms in total. The maximum absolute atomic E-state index is 12.3. The van der Waals surface area contributed by atoms with Gasteiger partial charge in [0.15, 0.2) is 11.0 Å². The molecule has 0 saturated heterocycles. The number of hydrogen-bond donors (Lipinski definition) is 1. The van der Waals surface area contributed by atoms with Crippen LogP contribution in [0.3, 0.4) is 0 Å². The van der Waals surface area contributed by atoms with Gasteiger partial charge in [-0.05, 0) is 42.2 Å². The van der Waals surface area contributed by atoms with Crippen LogP contribution >= 0.6 is 11.8 Å². The number of hydrogen-bond acceptors (Lipinski definition) is 5. The summed E-state index contributed by atoms with van der Waals surface area (Å²) in [6.07, 6.45) is 4.54. The molecule has 3 aromatic rings. The van der Waals surface area contributed by atoms with E-state index in [0.717, 1.165) is 23.5 Å². The predicted octanol–water partition coefficient (Wildman–Crippen LogP) is 4.12. The molecule has 1 atom stereocenters. The van der Waals surface area contributed by atoms with Crippen molar-refractivity contribution in [3.8, 4) is 11.4 Å². The molecule has 1 N–H and O–H groups in total. The zero-order valence-corrected chi connectivity index (χ0v) is 16.5. The number of thioether (sulfide) groups is 1. The van der Waals surface area contributed by atoms with Crippen LogP contribution in [0.4, 0.5) is 5.69 Å². The van der Waals surface area contributed by atoms with Crippen molar-refractivity contribution in [2.45, 2.75) is 31.3 Å². The first kappa shape index (κ1) is 19.1. The van der Waals surface area contributed by atoms with Gasteiger partial charge in [0.2, 0.25) is 5.91 Å². The largest absolute Gasteiger partial charge is 0.325 e. The molecule has 1 amide bonds. The highest BCUT2D eigenvalue weighted by Crippen LogP contribution is 2.23. The van der Waals surface area contributed by atoms with Crippen LogP contribution in [0.5, 0.6) is 0 Å². The maximum Gasteiger partial charge on any atom is 0.234 e. The smallest absolute Gasteiger partial charge is 0.234 e. The van der Waals surface area contributed by atoms with Gasteiger partial charge in [0.25, 0.3) is 0 Å². The average Bonchev–Trinajstić information content (AvgIpc) is 3.07. The first-order valence-corrected chi connectivity index (χ1v) is 9.89. The minimum absolute atomic E-state index is 0.0650. The molecular formula is C20H23N5OS. The third kappa shape index (κ3) is 4.74. The van der Waals surface area contributed by atoms with Gasteiger partial charge in [-0.25, -0.2) is 0 Å². The second kappa shape index (κ2) is 8.81. The molecule has 0 aliphatic heterocycles. The molecule has 2 aromatic heterocycles. The molecule has 140 valence electrons. The predicted molar refractivity (Wildman–Crippen MR) is 109 cm³/mol. The Hall–Kier alpha value is -2.67. The van der Waals surface area contributed by atoms with E-state index in [1.807, 2.05) is 35.9 Å². The second-order valence-electron chi connectivity index (χ2n) is 6.37. The van der Waals surface area contributed by atoms with E-state index >= 15 is 0 Å². The van der Waals surface area contributed by atoms with Gasteiger partial charge in [0.05, 0.1) is 5.75 Å². The van der Waals surface area contributed by atoms with E-state index in [1.54, 1.807) is 12.4 Å². The number of nitrogens with one attached hydrogen (secondary N) is 1. The van der Waals surface area contributed by atoms with Crippen LogP contribution in [-0.4, -0.2) is 31.4 Å². The summed E-state index contributed by atoms with van der Waals surface area (Å²) in [5, 5.41) is 12.0. The molecule has 0 bridgehead atoms. The summed E-state index contributed by atoms with van der Waals surface area (Å²) in [5.74, 6) is 1.48. The molecule has 1 unspecified atom stereocenters. The summed E-state index contributed by atoms with van der Waals surface area (Å²) in [5.41, 5.74) is 3.04. The molecule has 27 heavy (non-hydrogen) atoms. The Morgan fingerprint density at radius 3 is 2.52 bits per heavy atom. The first-order chi connectivity index (χ1) is 13.1. The lowest BCUT2D eigenvalue weighted by atomic mass is 9.99. The van der Waals surface area contributed by atoms with Crippen molar-refractivity contribution >= 4 is 23.4 Å². The molecule has 1 aromatic carbocycles. The quantitative estimate of drug-likeness (QED) is 0.623. The minimum atomic E-state index is -0.0650. The Labute approximate surface area is 163 Å². The summed E-state index contributed by atoms with van der Waals surface area (Å²) in [6.45, 7) is 4.37. The number of nitrogens with zero attached hydrogens (tertiary/aromatic N) is 4. The van der Waals surface area contributed by atoms with E-state index in [-0.39, 0.29) is 11.7 Å². The number of benzene rings is 1. The van der Waals surface area contributed by atoms with Crippen LogP contribution in [0.15, 0.2) is 53.9 Å². The lowest BCUT2D eigenvalue weighted by molar-refractivity contribution is -0.113. The Morgan fingerprint density at radius 2 is 1.85 bits per heavy atom. The van der Waals surface area contributed by atoms with Gasteiger partial charge >= 0.3 is 0 Å². The number of aromatic nitrogens is 4. The molecule has 7 heteroatoms. The number of amides is 1. The normalized spacial score (nSPS) is 12.0. The standard InChI is InChI=1S/C20H23N5OS/c1-4-14(2)15-5-7-17(8-6-15)22-18(26)13-27-20-24-23-19(25(20)3)16-9-11-21-12-10-16/h5-12,14H,4,13H2,1-3H3,(H,22,26). The van der Waals surface area contributed by atoms with E-state index in [9.17, 15) is 4.79 Å². The molecule has 0 aliphatic rings. The molecule has 3 rings (SSSR count). The van der Waals surface area contributed by atoms with Crippen molar-refractivity contribution < 1.29 is 4.79 Å². The van der Waals surface area contributed by atoms with E-state index in [1.165, 1.54) is 17.3 Å². The lowest BCUT2D eigenvalue weighted by Crippen LogP contribution is -2.14. The Balaban J connectivity index is 1.57. The molecule has 0 saturated carbocycles. The van der Waals surface area contributed by atoms with Crippen LogP contribution < -0.4 is 5.32 Å². The van der Waals surface area contributed by atoms with Crippen molar-refractivity contribution in [3.63, 3.8) is 0 Å². The van der Waals surface area contributed by atoms with Crippen molar-refractivity contribution in [1.82, 2.24) is 19.7 Å². The molecule has 2 heterocycles. The zero-order chi connectivity index (χ0) is 19.2. The lowest BCUT2D eigenvalue weighted by Gasteiger charge is -2.10. The van der Waals surface area contributed by atoms with Gasteiger partial charge in [-0.15, -0.1) is 10.2 Å². The van der Waals surface area contributed by atoms with Gasteiger partial charge < -0.3 is 9.88 Å². The van der Waals surface area contributed by atoms with Gasteiger partial charge in [0.1, 0.15) is 0 Å². The number of carbonyl (C=O) groups is 1. The number of rotatable bonds is 7. The summed E-state index contributed by atoms with van der Waals surface area (Å²) >= 11 is 1.36. The SMILES string of the molecule is CCC(C)c1ccc(NC(=O)CSc2nnc(-c3ccncc3)n2C)cc1. The monoisotopic (exact) mass is 381 g/mol. The third-order valence-corrected chi connectivity index (χ3v) is 5.50. The average molecular weight is 382 g/mol. The molecule has 0 spiro atoms. The Bertz CT molecular complexity index is 892. The van der Waals surface area contributed by atoms with Crippen molar-refractivity contribution in [2.24, 2.45) is 7.05 Å². The second-order valence-corrected chi connectivity index (χ2v) is 7.31. The first-order valence-electron chi connectivity index (χ1n) is 8.91. The fraction of sp³-hybridized carbons (Fsp3) is 0.300. The minimum Gasteiger partial charge on any atom is -0.325 e. The van der Waals surface area contributed by atoms with E-state index in [0.29, 0.717) is 11.1 Å². The maximum atomic E-state index is 12.3. The summed E-state index contributed by atoms with van der Waals surface area (Å²) in [4.78, 5) is 16.3. The van der Waals surface area contributed by atoms with Crippen LogP contribution in [0.25, 0.3) is 11.4 Å². The fourth-order valence-corrected chi connectivity index (χ4v) is 3.36. The van der Waals surface area contributed by atoms with Crippen molar-refractivity contribution in [2.75, 3.05) is 11.1 Å². The van der Waals surface area contributed by atoms with Gasteiger partial charge in [-0.3, -0.25) is 9.78 Å². The van der Waals surface area contributed by atoms with Crippen molar-refractivity contribution in [3.05, 3.63) is 54.4 Å². The van der Waals surface area contributed by atoms with Gasteiger partial charge in [-0.2, -0.15) is 0 Å². The zero-order valence-electron chi connectivity index (χ0n) is 15.7. The van der Waals surface area contributed by atoms with Crippen LogP contribution in [-0.2, 0) is 11.8 Å². The highest BCUT2D eigenvalue weighted by atomic mass is 32.2. The fourth-order valence-electron chi connectivity index (χ4n) is 2.65. The van der Waals surface area contributed by atoms with Gasteiger partial charge in [0, 0.05) is 30.7 Å². The highest BCUT2D eigenvalue weighted by Gasteiger charge is 2.13. The molecule has 0 radical (unpaired) electrons. The summed E-state index contributed by atoms with van der Waals surface area (Å²) in [6, 6.07) is 11.8. The van der Waals surface area contributed by atoms with Crippen LogP contribution in [0.2, 0.25) is 0 Å². The summed E-state index contributed by atoms with van der Waals surface area (Å²) in [7, 11) is 1.89. The number of anilines is 1. The number of pyridine rings is 1. The van der Waals surface area contributed by atoms with Crippen LogP contribution in [0, 0.1) is 0 Å².